The van der Waals surface area contributed by atoms with Gasteiger partial charge < -0.3 is 10.1 Å². The van der Waals surface area contributed by atoms with Gasteiger partial charge in [-0.15, -0.1) is 0 Å². The van der Waals surface area contributed by atoms with Crippen LogP contribution in [0.4, 0.5) is 4.39 Å². The van der Waals surface area contributed by atoms with Crippen molar-refractivity contribution < 1.29 is 13.9 Å². The highest BCUT2D eigenvalue weighted by molar-refractivity contribution is 9.10. The zero-order valence-corrected chi connectivity index (χ0v) is 16.7. The standard InChI is InChI=1S/C22H23BrFNO2/c23-17-5-1-3-15(11-17)19-13-20(19)21(26)25-14-22(7-9-27-10-8-22)16-4-2-6-18(24)12-16/h1-6,11-12,19-20H,7-10,13-14H2,(H,25,26). The van der Waals surface area contributed by atoms with E-state index in [-0.39, 0.29) is 23.1 Å². The van der Waals surface area contributed by atoms with Crippen LogP contribution in [0, 0.1) is 11.7 Å². The Morgan fingerprint density at radius 3 is 2.70 bits per heavy atom. The first kappa shape index (κ1) is 18.6. The molecule has 1 aliphatic heterocycles. The first-order valence-electron chi connectivity index (χ1n) is 9.44. The number of hydrogen-bond donors (Lipinski definition) is 1. The molecule has 1 N–H and O–H groups in total. The first-order chi connectivity index (χ1) is 13.1. The van der Waals surface area contributed by atoms with Crippen LogP contribution in [0.25, 0.3) is 0 Å². The van der Waals surface area contributed by atoms with Crippen molar-refractivity contribution in [3.63, 3.8) is 0 Å². The van der Waals surface area contributed by atoms with E-state index in [9.17, 15) is 9.18 Å². The maximum absolute atomic E-state index is 13.8. The molecule has 142 valence electrons. The van der Waals surface area contributed by atoms with Crippen LogP contribution in [0.3, 0.4) is 0 Å². The van der Waals surface area contributed by atoms with Crippen molar-refractivity contribution in [1.29, 1.82) is 0 Å². The molecule has 0 bridgehead atoms. The Labute approximate surface area is 167 Å². The predicted molar refractivity (Wildman–Crippen MR) is 106 cm³/mol. The van der Waals surface area contributed by atoms with Crippen LogP contribution in [0.5, 0.6) is 0 Å². The molecule has 2 unspecified atom stereocenters. The van der Waals surface area contributed by atoms with Crippen molar-refractivity contribution in [2.24, 2.45) is 5.92 Å². The zero-order valence-electron chi connectivity index (χ0n) is 15.1. The minimum atomic E-state index is -0.254. The van der Waals surface area contributed by atoms with E-state index in [2.05, 4.69) is 33.4 Å². The summed E-state index contributed by atoms with van der Waals surface area (Å²) in [6.07, 6.45) is 2.46. The largest absolute Gasteiger partial charge is 0.381 e. The molecule has 1 amide bonds. The Hall–Kier alpha value is -1.72. The van der Waals surface area contributed by atoms with Crippen LogP contribution in [0.1, 0.15) is 36.3 Å². The zero-order chi connectivity index (χ0) is 18.9. The lowest BCUT2D eigenvalue weighted by Gasteiger charge is -2.38. The lowest BCUT2D eigenvalue weighted by Crippen LogP contribution is -2.45. The van der Waals surface area contributed by atoms with E-state index in [0.29, 0.717) is 25.7 Å². The molecule has 1 aliphatic carbocycles. The van der Waals surface area contributed by atoms with E-state index < -0.39 is 0 Å². The molecular formula is C22H23BrFNO2. The Balaban J connectivity index is 1.43. The second-order valence-corrected chi connectivity index (χ2v) is 8.54. The number of nitrogens with one attached hydrogen (secondary N) is 1. The lowest BCUT2D eigenvalue weighted by atomic mass is 9.74. The molecule has 0 radical (unpaired) electrons. The SMILES string of the molecule is O=C(NCC1(c2cccc(F)c2)CCOCC1)C1CC1c1cccc(Br)c1. The van der Waals surface area contributed by atoms with Gasteiger partial charge in [-0.05, 0) is 60.6 Å². The third kappa shape index (κ3) is 4.09. The fraction of sp³-hybridized carbons (Fsp3) is 0.409. The molecule has 0 aromatic heterocycles. The second kappa shape index (κ2) is 7.72. The van der Waals surface area contributed by atoms with Gasteiger partial charge in [-0.25, -0.2) is 4.39 Å². The normalized spacial score (nSPS) is 23.6. The summed E-state index contributed by atoms with van der Waals surface area (Å²) in [6, 6.07) is 14.9. The molecule has 4 rings (SSSR count). The van der Waals surface area contributed by atoms with Crippen LogP contribution in [-0.2, 0) is 14.9 Å². The van der Waals surface area contributed by atoms with Gasteiger partial charge >= 0.3 is 0 Å². The highest BCUT2D eigenvalue weighted by Crippen LogP contribution is 2.48. The van der Waals surface area contributed by atoms with Crippen molar-refractivity contribution in [3.8, 4) is 0 Å². The number of halogens is 2. The summed E-state index contributed by atoms with van der Waals surface area (Å²) in [6.45, 7) is 1.80. The molecule has 2 atom stereocenters. The van der Waals surface area contributed by atoms with Crippen LogP contribution >= 0.6 is 15.9 Å². The Bertz CT molecular complexity index is 835. The van der Waals surface area contributed by atoms with Gasteiger partial charge in [-0.3, -0.25) is 4.79 Å². The maximum Gasteiger partial charge on any atom is 0.223 e. The van der Waals surface area contributed by atoms with E-state index >= 15 is 0 Å². The molecule has 5 heteroatoms. The van der Waals surface area contributed by atoms with Gasteiger partial charge in [0.15, 0.2) is 0 Å². The molecule has 27 heavy (non-hydrogen) atoms. The number of benzene rings is 2. The van der Waals surface area contributed by atoms with Crippen molar-refractivity contribution in [1.82, 2.24) is 5.32 Å². The quantitative estimate of drug-likeness (QED) is 0.753. The van der Waals surface area contributed by atoms with Crippen molar-refractivity contribution in [3.05, 3.63) is 69.9 Å². The average molecular weight is 432 g/mol. The third-order valence-corrected chi connectivity index (χ3v) is 6.39. The molecule has 2 aromatic carbocycles. The number of ether oxygens (including phenoxy) is 1. The average Bonchev–Trinajstić information content (AvgIpc) is 3.48. The maximum atomic E-state index is 13.8. The van der Waals surface area contributed by atoms with E-state index in [1.54, 1.807) is 12.1 Å². The summed E-state index contributed by atoms with van der Waals surface area (Å²) in [7, 11) is 0. The minimum Gasteiger partial charge on any atom is -0.381 e. The summed E-state index contributed by atoms with van der Waals surface area (Å²) < 4.78 is 20.3. The van der Waals surface area contributed by atoms with Gasteiger partial charge in [0.2, 0.25) is 5.91 Å². The molecule has 1 saturated heterocycles. The van der Waals surface area contributed by atoms with Gasteiger partial charge in [0, 0.05) is 35.6 Å². The van der Waals surface area contributed by atoms with E-state index in [1.165, 1.54) is 11.6 Å². The number of carbonyl (C=O) groups is 1. The van der Waals surface area contributed by atoms with Crippen molar-refractivity contribution >= 4 is 21.8 Å². The van der Waals surface area contributed by atoms with Crippen LogP contribution < -0.4 is 5.32 Å². The molecule has 0 spiro atoms. The molecular weight excluding hydrogens is 409 g/mol. The smallest absolute Gasteiger partial charge is 0.223 e. The minimum absolute atomic E-state index is 0.0312. The Morgan fingerprint density at radius 1 is 1.19 bits per heavy atom. The summed E-state index contributed by atoms with van der Waals surface area (Å²) >= 11 is 3.49. The highest BCUT2D eigenvalue weighted by atomic mass is 79.9. The van der Waals surface area contributed by atoms with Crippen molar-refractivity contribution in [2.45, 2.75) is 30.6 Å². The van der Waals surface area contributed by atoms with Crippen LogP contribution in [0.2, 0.25) is 0 Å². The third-order valence-electron chi connectivity index (χ3n) is 5.89. The predicted octanol–water partition coefficient (Wildman–Crippen LogP) is 4.56. The van der Waals surface area contributed by atoms with E-state index in [4.69, 9.17) is 4.74 Å². The number of rotatable bonds is 5. The van der Waals surface area contributed by atoms with Gasteiger partial charge in [0.05, 0.1) is 0 Å². The summed E-state index contributed by atoms with van der Waals surface area (Å²) in [5.41, 5.74) is 1.90. The molecule has 1 saturated carbocycles. The monoisotopic (exact) mass is 431 g/mol. The summed E-state index contributed by atoms with van der Waals surface area (Å²) in [5, 5.41) is 3.16. The second-order valence-electron chi connectivity index (χ2n) is 7.62. The van der Waals surface area contributed by atoms with Gasteiger partial charge in [-0.1, -0.05) is 40.2 Å². The topological polar surface area (TPSA) is 38.3 Å². The molecule has 2 aliphatic rings. The van der Waals surface area contributed by atoms with Crippen LogP contribution in [-0.4, -0.2) is 25.7 Å². The molecule has 1 heterocycles. The number of amides is 1. The molecule has 3 nitrogen and oxygen atoms in total. The summed E-state index contributed by atoms with van der Waals surface area (Å²) in [5.74, 6) is 0.190. The van der Waals surface area contributed by atoms with Gasteiger partial charge in [-0.2, -0.15) is 0 Å². The number of carbonyl (C=O) groups excluding carboxylic acids is 1. The lowest BCUT2D eigenvalue weighted by molar-refractivity contribution is -0.122. The Morgan fingerprint density at radius 2 is 1.96 bits per heavy atom. The molecule has 2 aromatic rings. The van der Waals surface area contributed by atoms with Gasteiger partial charge in [0.25, 0.3) is 0 Å². The van der Waals surface area contributed by atoms with E-state index in [0.717, 1.165) is 29.3 Å². The summed E-state index contributed by atoms with van der Waals surface area (Å²) in [4.78, 5) is 12.7. The highest BCUT2D eigenvalue weighted by Gasteiger charge is 2.45. The molecule has 2 fully saturated rings. The van der Waals surface area contributed by atoms with E-state index in [1.807, 2.05) is 18.2 Å². The fourth-order valence-corrected chi connectivity index (χ4v) is 4.54. The van der Waals surface area contributed by atoms with Gasteiger partial charge in [0.1, 0.15) is 5.82 Å². The van der Waals surface area contributed by atoms with Crippen LogP contribution in [0.15, 0.2) is 53.0 Å². The number of hydrogen-bond acceptors (Lipinski definition) is 2. The fourth-order valence-electron chi connectivity index (χ4n) is 4.13. The van der Waals surface area contributed by atoms with Crippen molar-refractivity contribution in [2.75, 3.05) is 19.8 Å². The Kier molecular flexibility index (Phi) is 5.33. The first-order valence-corrected chi connectivity index (χ1v) is 10.2.